The Balaban J connectivity index is 2.79. The highest BCUT2D eigenvalue weighted by atomic mass is 16.5. The number of amides is 2. The third-order valence-corrected chi connectivity index (χ3v) is 3.88. The van der Waals surface area contributed by atoms with E-state index in [1.807, 2.05) is 50.9 Å². The smallest absolute Gasteiger partial charge is 0.255 e. The quantitative estimate of drug-likeness (QED) is 0.464. The Kier molecular flexibility index (Phi) is 9.71. The zero-order valence-electron chi connectivity index (χ0n) is 16.7. The number of aliphatic imine (C=N–C) groups is 1. The number of carbonyl (C=O) groups excluding carboxylic acids is 2. The first-order chi connectivity index (χ1) is 12.9. The van der Waals surface area contributed by atoms with Crippen molar-refractivity contribution in [1.82, 2.24) is 15.1 Å². The van der Waals surface area contributed by atoms with Crippen LogP contribution in [0.3, 0.4) is 0 Å². The average Bonchev–Trinajstić information content (AvgIpc) is 2.64. The van der Waals surface area contributed by atoms with Gasteiger partial charge in [-0.3, -0.25) is 9.59 Å². The van der Waals surface area contributed by atoms with Crippen LogP contribution in [0.4, 0.5) is 0 Å². The lowest BCUT2D eigenvalue weighted by Crippen LogP contribution is -2.45. The van der Waals surface area contributed by atoms with E-state index in [2.05, 4.69) is 10.3 Å². The summed E-state index contributed by atoms with van der Waals surface area (Å²) in [4.78, 5) is 31.4. The Hall–Kier alpha value is -2.77. The van der Waals surface area contributed by atoms with E-state index >= 15 is 0 Å². The van der Waals surface area contributed by atoms with Crippen LogP contribution >= 0.6 is 0 Å². The fraction of sp³-hybridized carbons (Fsp3) is 0.526. The van der Waals surface area contributed by atoms with E-state index < -0.39 is 5.91 Å². The monoisotopic (exact) mass is 377 g/mol. The van der Waals surface area contributed by atoms with Gasteiger partial charge in [0, 0.05) is 26.7 Å². The molecule has 0 aliphatic rings. The van der Waals surface area contributed by atoms with Crippen molar-refractivity contribution in [1.29, 1.82) is 0 Å². The molecule has 0 aliphatic carbocycles. The van der Waals surface area contributed by atoms with Gasteiger partial charge in [-0.2, -0.15) is 0 Å². The summed E-state index contributed by atoms with van der Waals surface area (Å²) in [5.41, 5.74) is 6.02. The lowest BCUT2D eigenvalue weighted by atomic mass is 10.2. The molecular formula is C19H31N5O3. The lowest BCUT2D eigenvalue weighted by molar-refractivity contribution is -0.131. The molecule has 0 unspecified atom stereocenters. The van der Waals surface area contributed by atoms with Crippen molar-refractivity contribution >= 4 is 17.8 Å². The molecule has 0 aromatic heterocycles. The maximum Gasteiger partial charge on any atom is 0.255 e. The van der Waals surface area contributed by atoms with Gasteiger partial charge in [0.1, 0.15) is 5.75 Å². The van der Waals surface area contributed by atoms with Gasteiger partial charge in [-0.15, -0.1) is 0 Å². The number of benzene rings is 1. The van der Waals surface area contributed by atoms with Gasteiger partial charge in [0.25, 0.3) is 5.91 Å². The molecule has 0 aliphatic heterocycles. The number of rotatable bonds is 10. The third-order valence-electron chi connectivity index (χ3n) is 3.88. The van der Waals surface area contributed by atoms with E-state index in [4.69, 9.17) is 10.5 Å². The molecule has 0 spiro atoms. The first-order valence-electron chi connectivity index (χ1n) is 9.18. The predicted octanol–water partition coefficient (Wildman–Crippen LogP) is 0.816. The molecule has 8 heteroatoms. The molecule has 150 valence electrons. The van der Waals surface area contributed by atoms with Gasteiger partial charge in [-0.1, -0.05) is 12.1 Å². The summed E-state index contributed by atoms with van der Waals surface area (Å²) in [6.07, 6.45) is 0. The van der Waals surface area contributed by atoms with Crippen LogP contribution in [0.5, 0.6) is 5.75 Å². The van der Waals surface area contributed by atoms with Gasteiger partial charge in [0.2, 0.25) is 5.91 Å². The van der Waals surface area contributed by atoms with Crippen molar-refractivity contribution < 1.29 is 14.3 Å². The topological polar surface area (TPSA) is 100 Å². The normalized spacial score (nSPS) is 11.0. The molecular weight excluding hydrogens is 346 g/mol. The van der Waals surface area contributed by atoms with Crippen LogP contribution in [0.2, 0.25) is 0 Å². The highest BCUT2D eigenvalue weighted by Crippen LogP contribution is 2.14. The fourth-order valence-corrected chi connectivity index (χ4v) is 2.48. The first kappa shape index (κ1) is 22.3. The summed E-state index contributed by atoms with van der Waals surface area (Å²) in [5, 5.41) is 3.20. The molecule has 0 radical (unpaired) electrons. The molecule has 0 saturated heterocycles. The van der Waals surface area contributed by atoms with Crippen molar-refractivity contribution in [2.75, 3.05) is 39.8 Å². The van der Waals surface area contributed by atoms with Crippen molar-refractivity contribution in [3.8, 4) is 5.75 Å². The van der Waals surface area contributed by atoms with Crippen LogP contribution in [0.1, 0.15) is 26.3 Å². The summed E-state index contributed by atoms with van der Waals surface area (Å²) in [5.74, 6) is 0.764. The zero-order chi connectivity index (χ0) is 20.2. The Morgan fingerprint density at radius 2 is 1.93 bits per heavy atom. The van der Waals surface area contributed by atoms with E-state index in [0.717, 1.165) is 5.56 Å². The minimum Gasteiger partial charge on any atom is -0.484 e. The van der Waals surface area contributed by atoms with Crippen molar-refractivity contribution in [2.45, 2.75) is 27.3 Å². The molecule has 3 N–H and O–H groups in total. The Labute approximate surface area is 161 Å². The maximum absolute atomic E-state index is 12.3. The van der Waals surface area contributed by atoms with E-state index in [0.29, 0.717) is 37.9 Å². The largest absolute Gasteiger partial charge is 0.484 e. The van der Waals surface area contributed by atoms with Gasteiger partial charge in [0.05, 0.1) is 13.1 Å². The van der Waals surface area contributed by atoms with E-state index in [1.54, 1.807) is 11.0 Å². The zero-order valence-corrected chi connectivity index (χ0v) is 16.7. The molecule has 1 aromatic carbocycles. The lowest BCUT2D eigenvalue weighted by Gasteiger charge is -2.25. The molecule has 0 heterocycles. The molecule has 0 bridgehead atoms. The van der Waals surface area contributed by atoms with Crippen LogP contribution in [0, 0.1) is 0 Å². The Morgan fingerprint density at radius 1 is 1.22 bits per heavy atom. The molecule has 27 heavy (non-hydrogen) atoms. The second-order valence-electron chi connectivity index (χ2n) is 5.99. The van der Waals surface area contributed by atoms with Gasteiger partial charge in [0.15, 0.2) is 12.6 Å². The second kappa shape index (κ2) is 11.8. The van der Waals surface area contributed by atoms with Crippen LogP contribution in [-0.2, 0) is 16.1 Å². The van der Waals surface area contributed by atoms with E-state index in [-0.39, 0.29) is 19.1 Å². The maximum atomic E-state index is 12.3. The predicted molar refractivity (Wildman–Crippen MR) is 107 cm³/mol. The molecule has 0 fully saturated rings. The number of hydrogen-bond acceptors (Lipinski definition) is 4. The summed E-state index contributed by atoms with van der Waals surface area (Å²) in [7, 11) is 1.84. The molecule has 1 aromatic rings. The van der Waals surface area contributed by atoms with Crippen LogP contribution in [0.15, 0.2) is 29.3 Å². The minimum atomic E-state index is -0.521. The van der Waals surface area contributed by atoms with Crippen LogP contribution in [0.25, 0.3) is 0 Å². The summed E-state index contributed by atoms with van der Waals surface area (Å²) >= 11 is 0. The number of nitrogens with two attached hydrogens (primary N) is 1. The first-order valence-corrected chi connectivity index (χ1v) is 9.18. The number of ether oxygens (including phenoxy) is 1. The molecule has 0 saturated carbocycles. The number of likely N-dealkylation sites (N-methyl/N-ethyl adjacent to an activating group) is 2. The second-order valence-corrected chi connectivity index (χ2v) is 5.99. The number of guanidine groups is 1. The standard InChI is InChI=1S/C19H31N5O3/c1-5-21-19(23(4)13-18(26)24(6-2)7-3)22-12-15-9-8-10-16(11-15)27-14-17(20)25/h8-11H,5-7,12-14H2,1-4H3,(H2,20,25)(H,21,22). The summed E-state index contributed by atoms with van der Waals surface area (Å²) in [6, 6.07) is 7.33. The highest BCUT2D eigenvalue weighted by Gasteiger charge is 2.15. The molecule has 0 atom stereocenters. The molecule has 8 nitrogen and oxygen atoms in total. The van der Waals surface area contributed by atoms with Crippen LogP contribution in [-0.4, -0.2) is 67.4 Å². The third kappa shape index (κ3) is 7.98. The molecule has 1 rings (SSSR count). The average molecular weight is 377 g/mol. The number of nitrogens with one attached hydrogen (secondary N) is 1. The van der Waals surface area contributed by atoms with Gasteiger partial charge in [-0.25, -0.2) is 4.99 Å². The number of nitrogens with zero attached hydrogens (tertiary/aromatic N) is 3. The number of primary amides is 1. The summed E-state index contributed by atoms with van der Waals surface area (Å²) < 4.78 is 5.31. The van der Waals surface area contributed by atoms with Crippen LogP contribution < -0.4 is 15.8 Å². The minimum absolute atomic E-state index is 0.0648. The van der Waals surface area contributed by atoms with Crippen molar-refractivity contribution in [3.63, 3.8) is 0 Å². The highest BCUT2D eigenvalue weighted by molar-refractivity contribution is 5.86. The van der Waals surface area contributed by atoms with Gasteiger partial charge < -0.3 is 25.6 Å². The van der Waals surface area contributed by atoms with Crippen molar-refractivity contribution in [3.05, 3.63) is 29.8 Å². The Morgan fingerprint density at radius 3 is 2.52 bits per heavy atom. The van der Waals surface area contributed by atoms with E-state index in [1.165, 1.54) is 0 Å². The van der Waals surface area contributed by atoms with Gasteiger partial charge >= 0.3 is 0 Å². The fourth-order valence-electron chi connectivity index (χ4n) is 2.48. The summed E-state index contributed by atoms with van der Waals surface area (Å²) in [6.45, 7) is 8.50. The van der Waals surface area contributed by atoms with E-state index in [9.17, 15) is 9.59 Å². The Bertz CT molecular complexity index is 644. The van der Waals surface area contributed by atoms with Gasteiger partial charge in [-0.05, 0) is 38.5 Å². The molecule has 2 amide bonds. The SMILES string of the molecule is CCNC(=NCc1cccc(OCC(N)=O)c1)N(C)CC(=O)N(CC)CC. The number of hydrogen-bond donors (Lipinski definition) is 2. The number of carbonyl (C=O) groups is 2. The van der Waals surface area contributed by atoms with Crippen molar-refractivity contribution in [2.24, 2.45) is 10.7 Å².